The Balaban J connectivity index is 1.54. The molecule has 1 unspecified atom stereocenters. The average molecular weight is 549 g/mol. The number of carboxylic acid groups (broad SMARTS) is 1. The molecule has 0 bridgehead atoms. The van der Waals surface area contributed by atoms with Crippen molar-refractivity contribution in [2.24, 2.45) is 0 Å². The van der Waals surface area contributed by atoms with Crippen LogP contribution in [0.4, 0.5) is 5.69 Å². The number of anilines is 1. The maximum absolute atomic E-state index is 11.5. The van der Waals surface area contributed by atoms with Crippen molar-refractivity contribution in [1.29, 1.82) is 0 Å². The number of nitrogens with zero attached hydrogens (tertiary/aromatic N) is 3. The van der Waals surface area contributed by atoms with Gasteiger partial charge in [-0.2, -0.15) is 0 Å². The Bertz CT molecular complexity index is 1480. The molecule has 5 aliphatic heterocycles. The van der Waals surface area contributed by atoms with Crippen LogP contribution in [0.25, 0.3) is 5.31 Å². The Morgan fingerprint density at radius 3 is 2.59 bits per heavy atom. The number of ether oxygens (including phenoxy) is 1. The van der Waals surface area contributed by atoms with Gasteiger partial charge in [0.1, 0.15) is 32.9 Å². The van der Waals surface area contributed by atoms with Crippen LogP contribution in [0, 0.1) is 0 Å². The van der Waals surface area contributed by atoms with E-state index in [1.54, 1.807) is 0 Å². The van der Waals surface area contributed by atoms with Crippen LogP contribution in [0.15, 0.2) is 12.1 Å². The monoisotopic (exact) mass is 548 g/mol. The second kappa shape index (κ2) is 10.2. The number of aliphatic carboxylic acids is 1. The fourth-order valence-corrected chi connectivity index (χ4v) is 9.44. The van der Waals surface area contributed by atoms with Gasteiger partial charge < -0.3 is 19.3 Å². The zero-order valence-electron chi connectivity index (χ0n) is 23.2. The standard InChI is InChI=1S/C31H38N3O4P/c1-3-37-39(32(2)17-12-26(35)36)31-24-18-20-8-4-13-33-15-6-10-22(27(20)33)29(24)38-30-23-11-7-16-34-14-5-9-21(28(23)34)19-25(30)31/h18-19H,3-17H2,1-2H3/p+1. The summed E-state index contributed by atoms with van der Waals surface area (Å²) in [7, 11) is 0.816. The third-order valence-electron chi connectivity index (χ3n) is 9.06. The van der Waals surface area contributed by atoms with Gasteiger partial charge in [-0.3, -0.25) is 9.46 Å². The van der Waals surface area contributed by atoms with Crippen LogP contribution in [0.3, 0.4) is 0 Å². The number of hydrogen-bond acceptors (Lipinski definition) is 5. The second-order valence-electron chi connectivity index (χ2n) is 11.5. The highest BCUT2D eigenvalue weighted by Gasteiger charge is 2.38. The minimum atomic E-state index is -1.21. The summed E-state index contributed by atoms with van der Waals surface area (Å²) in [6.45, 7) is 7.59. The van der Waals surface area contributed by atoms with Crippen LogP contribution in [-0.2, 0) is 35.0 Å². The van der Waals surface area contributed by atoms with E-state index < -0.39 is 14.3 Å². The van der Waals surface area contributed by atoms with Crippen molar-refractivity contribution >= 4 is 25.3 Å². The molecule has 206 valence electrons. The predicted molar refractivity (Wildman–Crippen MR) is 155 cm³/mol. The van der Waals surface area contributed by atoms with E-state index in [9.17, 15) is 9.90 Å². The summed E-state index contributed by atoms with van der Waals surface area (Å²) in [5, 5.41) is 13.3. The smallest absolute Gasteiger partial charge is 0.304 e. The number of carbonyl (C=O) groups is 1. The van der Waals surface area contributed by atoms with E-state index in [2.05, 4.69) is 26.3 Å². The van der Waals surface area contributed by atoms with Crippen LogP contribution >= 0.6 is 8.30 Å². The van der Waals surface area contributed by atoms with Gasteiger partial charge in [0, 0.05) is 65.4 Å². The van der Waals surface area contributed by atoms with Crippen LogP contribution in [0.1, 0.15) is 66.8 Å². The van der Waals surface area contributed by atoms with Crippen LogP contribution in [0.2, 0.25) is 0 Å². The lowest BCUT2D eigenvalue weighted by atomic mass is 9.87. The molecule has 0 aromatic heterocycles. The molecule has 2 aromatic carbocycles. The minimum Gasteiger partial charge on any atom is -0.481 e. The Hall–Kier alpha value is -2.47. The fourth-order valence-electron chi connectivity index (χ4n) is 7.50. The normalized spacial score (nSPS) is 19.6. The van der Waals surface area contributed by atoms with Gasteiger partial charge in [-0.05, 0) is 70.2 Å². The molecule has 5 aliphatic rings. The molecular formula is C31H39N3O4P+. The van der Waals surface area contributed by atoms with Gasteiger partial charge in [0.05, 0.1) is 18.6 Å². The van der Waals surface area contributed by atoms with Crippen molar-refractivity contribution in [1.82, 2.24) is 9.25 Å². The lowest BCUT2D eigenvalue weighted by Crippen LogP contribution is -2.45. The van der Waals surface area contributed by atoms with Crippen LogP contribution in [-0.4, -0.2) is 62.1 Å². The minimum absolute atomic E-state index is 0.0979. The Morgan fingerprint density at radius 2 is 1.79 bits per heavy atom. The first-order chi connectivity index (χ1) is 19.0. The highest BCUT2D eigenvalue weighted by Crippen LogP contribution is 2.58. The van der Waals surface area contributed by atoms with Gasteiger partial charge in [-0.15, -0.1) is 0 Å². The van der Waals surface area contributed by atoms with Crippen molar-refractivity contribution in [3.05, 3.63) is 50.5 Å². The van der Waals surface area contributed by atoms with Crippen LogP contribution < -0.4 is 24.8 Å². The lowest BCUT2D eigenvalue weighted by molar-refractivity contribution is -0.137. The van der Waals surface area contributed by atoms with E-state index in [1.807, 2.05) is 14.0 Å². The first-order valence-electron chi connectivity index (χ1n) is 14.8. The summed E-state index contributed by atoms with van der Waals surface area (Å²) < 4.78 is 18.4. The summed E-state index contributed by atoms with van der Waals surface area (Å²) >= 11 is 0. The van der Waals surface area contributed by atoms with Gasteiger partial charge in [-0.1, -0.05) is 0 Å². The third kappa shape index (κ3) is 4.20. The number of fused-ring (bicyclic) bond motifs is 4. The maximum atomic E-state index is 11.5. The molecular weight excluding hydrogens is 509 g/mol. The van der Waals surface area contributed by atoms with E-state index in [4.69, 9.17) is 9.26 Å². The van der Waals surface area contributed by atoms with Crippen molar-refractivity contribution in [2.75, 3.05) is 51.3 Å². The van der Waals surface area contributed by atoms with Gasteiger partial charge in [0.25, 0.3) is 0 Å². The highest BCUT2D eigenvalue weighted by molar-refractivity contribution is 7.61. The molecule has 0 radical (unpaired) electrons. The molecule has 0 spiro atoms. The quantitative estimate of drug-likeness (QED) is 0.420. The van der Waals surface area contributed by atoms with Gasteiger partial charge >= 0.3 is 5.97 Å². The van der Waals surface area contributed by atoms with E-state index in [-0.39, 0.29) is 6.42 Å². The molecule has 8 heteroatoms. The maximum Gasteiger partial charge on any atom is 0.304 e. The molecule has 39 heavy (non-hydrogen) atoms. The second-order valence-corrected chi connectivity index (χ2v) is 13.5. The van der Waals surface area contributed by atoms with E-state index >= 15 is 0 Å². The first kappa shape index (κ1) is 25.5. The SMILES string of the molecule is CCOP(C1=c2cc3c4c(c2Oc2c1cc1c5c2CCCN5CCC1)CCC[N+]=4CCC3)N(C)CCC(=O)O. The number of hydrogen-bond donors (Lipinski definition) is 1. The Kier molecular flexibility index (Phi) is 6.65. The topological polar surface area (TPSA) is 65.2 Å². The Labute approximate surface area is 231 Å². The van der Waals surface area contributed by atoms with Gasteiger partial charge in [0.2, 0.25) is 5.36 Å². The summed E-state index contributed by atoms with van der Waals surface area (Å²) in [5.41, 5.74) is 8.20. The number of aryl methyl sites for hydroxylation is 2. The summed E-state index contributed by atoms with van der Waals surface area (Å²) in [4.78, 5) is 14.1. The van der Waals surface area contributed by atoms with E-state index in [1.165, 1.54) is 62.2 Å². The molecule has 0 aliphatic carbocycles. The molecule has 7 rings (SSSR count). The van der Waals surface area contributed by atoms with Gasteiger partial charge in [-0.25, -0.2) is 4.58 Å². The number of benzene rings is 2. The van der Waals surface area contributed by atoms with Crippen molar-refractivity contribution in [3.8, 4) is 11.5 Å². The third-order valence-corrected chi connectivity index (χ3v) is 11.2. The molecule has 5 heterocycles. The largest absolute Gasteiger partial charge is 0.481 e. The zero-order valence-corrected chi connectivity index (χ0v) is 24.1. The molecule has 0 saturated heterocycles. The molecule has 0 amide bonds. The van der Waals surface area contributed by atoms with E-state index in [0.29, 0.717) is 13.2 Å². The highest BCUT2D eigenvalue weighted by atomic mass is 31.2. The van der Waals surface area contributed by atoms with Crippen molar-refractivity contribution in [2.45, 2.75) is 64.7 Å². The molecule has 7 nitrogen and oxygen atoms in total. The average Bonchev–Trinajstić information content (AvgIpc) is 2.95. The predicted octanol–water partition coefficient (Wildman–Crippen LogP) is 3.79. The van der Waals surface area contributed by atoms with Gasteiger partial charge in [0.15, 0.2) is 0 Å². The zero-order chi connectivity index (χ0) is 26.7. The molecule has 0 saturated carbocycles. The summed E-state index contributed by atoms with van der Waals surface area (Å²) in [5.74, 6) is 1.29. The summed E-state index contributed by atoms with van der Waals surface area (Å²) in [6, 6.07) is 4.81. The first-order valence-corrected chi connectivity index (χ1v) is 16.0. The summed E-state index contributed by atoms with van der Waals surface area (Å²) in [6.07, 6.45) is 9.04. The fraction of sp³-hybridized carbons (Fsp3) is 0.548. The molecule has 1 N–H and O–H groups in total. The lowest BCUT2D eigenvalue weighted by Gasteiger charge is -2.40. The number of carboxylic acids is 1. The van der Waals surface area contributed by atoms with Crippen molar-refractivity contribution < 1.29 is 19.2 Å². The number of rotatable bonds is 7. The van der Waals surface area contributed by atoms with E-state index in [0.717, 1.165) is 76.2 Å². The van der Waals surface area contributed by atoms with Crippen molar-refractivity contribution in [3.63, 3.8) is 0 Å². The Morgan fingerprint density at radius 1 is 1.05 bits per heavy atom. The molecule has 1 atom stereocenters. The van der Waals surface area contributed by atoms with Crippen LogP contribution in [0.5, 0.6) is 11.5 Å². The molecule has 2 aromatic rings. The molecule has 0 fully saturated rings.